The second kappa shape index (κ2) is 7.33. The van der Waals surface area contributed by atoms with E-state index in [1.165, 1.54) is 0 Å². The van der Waals surface area contributed by atoms with Crippen LogP contribution in [-0.2, 0) is 13.7 Å². The number of hydrogen-bond acceptors (Lipinski definition) is 7. The number of rotatable bonds is 5. The van der Waals surface area contributed by atoms with Crippen LogP contribution in [0.15, 0.2) is 22.9 Å². The number of alkyl halides is 1. The smallest absolute Gasteiger partial charge is 0.144 e. The lowest BCUT2D eigenvalue weighted by atomic mass is 10.0. The van der Waals surface area contributed by atoms with Crippen molar-refractivity contribution in [1.29, 1.82) is 0 Å². The van der Waals surface area contributed by atoms with Crippen LogP contribution in [0.4, 0.5) is 15.9 Å². The number of benzene rings is 1. The SMILES string of the molecule is COc1cc2c(cc1-c1c(C)noc1C)[nH]c1nc(C)nc(Nc3cn(C)nc3CF)c12. The van der Waals surface area contributed by atoms with Gasteiger partial charge in [-0.25, -0.2) is 14.4 Å². The maximum Gasteiger partial charge on any atom is 0.144 e. The fourth-order valence-corrected chi connectivity index (χ4v) is 4.12. The standard InChI is InChI=1S/C22H22FN7O2/c1-10-19(11(2)32-29-10)14-6-15-13(7-18(14)31-5)20-21(26-15)24-12(3)25-22(20)27-17-9-30(4)28-16(17)8-23/h6-7,9H,8H2,1-5H3,(H2,24,25,26,27). The van der Waals surface area contributed by atoms with Gasteiger partial charge >= 0.3 is 0 Å². The Morgan fingerprint density at radius 2 is 2.03 bits per heavy atom. The van der Waals surface area contributed by atoms with Crippen LogP contribution in [0.25, 0.3) is 33.1 Å². The molecule has 0 atom stereocenters. The molecule has 1 aromatic carbocycles. The number of aromatic amines is 1. The van der Waals surface area contributed by atoms with E-state index in [0.717, 1.165) is 33.1 Å². The summed E-state index contributed by atoms with van der Waals surface area (Å²) in [5, 5.41) is 13.1. The van der Waals surface area contributed by atoms with Crippen LogP contribution in [0.5, 0.6) is 5.75 Å². The molecule has 0 radical (unpaired) electrons. The molecule has 0 bridgehead atoms. The minimum atomic E-state index is -0.682. The predicted molar refractivity (Wildman–Crippen MR) is 119 cm³/mol. The van der Waals surface area contributed by atoms with Crippen molar-refractivity contribution in [3.63, 3.8) is 0 Å². The van der Waals surface area contributed by atoms with Gasteiger partial charge in [-0.3, -0.25) is 4.68 Å². The van der Waals surface area contributed by atoms with Crippen LogP contribution in [0.3, 0.4) is 0 Å². The first-order chi connectivity index (χ1) is 15.4. The number of aromatic nitrogens is 6. The van der Waals surface area contributed by atoms with E-state index in [-0.39, 0.29) is 0 Å². The summed E-state index contributed by atoms with van der Waals surface area (Å²) in [4.78, 5) is 12.5. The summed E-state index contributed by atoms with van der Waals surface area (Å²) in [6, 6.07) is 3.94. The number of methoxy groups -OCH3 is 1. The summed E-state index contributed by atoms with van der Waals surface area (Å²) in [6.07, 6.45) is 1.73. The molecular formula is C22H22FN7O2. The van der Waals surface area contributed by atoms with Crippen molar-refractivity contribution in [2.75, 3.05) is 12.4 Å². The van der Waals surface area contributed by atoms with E-state index in [2.05, 4.69) is 30.5 Å². The zero-order valence-corrected chi connectivity index (χ0v) is 18.4. The normalized spacial score (nSPS) is 11.6. The Bertz CT molecular complexity index is 1460. The fraction of sp³-hybridized carbons (Fsp3) is 0.273. The van der Waals surface area contributed by atoms with Crippen LogP contribution >= 0.6 is 0 Å². The molecule has 0 spiro atoms. The average Bonchev–Trinajstić information content (AvgIpc) is 3.40. The minimum Gasteiger partial charge on any atom is -0.496 e. The van der Waals surface area contributed by atoms with Crippen molar-refractivity contribution in [3.05, 3.63) is 41.3 Å². The van der Waals surface area contributed by atoms with Gasteiger partial charge in [0.25, 0.3) is 0 Å². The third kappa shape index (κ3) is 3.06. The van der Waals surface area contributed by atoms with E-state index in [1.807, 2.05) is 32.9 Å². The summed E-state index contributed by atoms with van der Waals surface area (Å²) in [7, 11) is 3.37. The summed E-state index contributed by atoms with van der Waals surface area (Å²) >= 11 is 0. The van der Waals surface area contributed by atoms with Crippen LogP contribution in [-0.4, -0.2) is 37.0 Å². The van der Waals surface area contributed by atoms with Crippen LogP contribution < -0.4 is 10.1 Å². The highest BCUT2D eigenvalue weighted by atomic mass is 19.1. The van der Waals surface area contributed by atoms with E-state index < -0.39 is 6.67 Å². The minimum absolute atomic E-state index is 0.315. The number of hydrogen-bond donors (Lipinski definition) is 2. The average molecular weight is 435 g/mol. The monoisotopic (exact) mass is 435 g/mol. The maximum absolute atomic E-state index is 13.4. The molecule has 32 heavy (non-hydrogen) atoms. The third-order valence-corrected chi connectivity index (χ3v) is 5.47. The summed E-state index contributed by atoms with van der Waals surface area (Å²) in [6.45, 7) is 4.90. The van der Waals surface area contributed by atoms with Crippen molar-refractivity contribution in [2.45, 2.75) is 27.4 Å². The van der Waals surface area contributed by atoms with Crippen LogP contribution in [0, 0.1) is 20.8 Å². The summed E-state index contributed by atoms with van der Waals surface area (Å²) in [5.41, 5.74) is 4.94. The van der Waals surface area contributed by atoms with Gasteiger partial charge < -0.3 is 19.6 Å². The van der Waals surface area contributed by atoms with Crippen molar-refractivity contribution in [2.24, 2.45) is 7.05 Å². The lowest BCUT2D eigenvalue weighted by molar-refractivity contribution is 0.393. The first-order valence-corrected chi connectivity index (χ1v) is 10.1. The number of halogens is 1. The lowest BCUT2D eigenvalue weighted by Crippen LogP contribution is -1.99. The topological polar surface area (TPSA) is 107 Å². The first-order valence-electron chi connectivity index (χ1n) is 10.1. The van der Waals surface area contributed by atoms with Gasteiger partial charge in [-0.1, -0.05) is 5.16 Å². The van der Waals surface area contributed by atoms with Crippen LogP contribution in [0.1, 0.15) is 23.0 Å². The summed E-state index contributed by atoms with van der Waals surface area (Å²) in [5.74, 6) is 2.53. The third-order valence-electron chi connectivity index (χ3n) is 5.47. The first kappa shape index (κ1) is 20.0. The van der Waals surface area contributed by atoms with E-state index in [1.54, 1.807) is 25.0 Å². The Hall–Kier alpha value is -3.95. The second-order valence-corrected chi connectivity index (χ2v) is 7.69. The van der Waals surface area contributed by atoms with Gasteiger partial charge in [0.05, 0.1) is 29.4 Å². The molecule has 0 aliphatic carbocycles. The van der Waals surface area contributed by atoms with E-state index >= 15 is 0 Å². The van der Waals surface area contributed by atoms with Crippen LogP contribution in [0.2, 0.25) is 0 Å². The Balaban J connectivity index is 1.75. The maximum atomic E-state index is 13.4. The number of ether oxygens (including phenoxy) is 1. The van der Waals surface area contributed by atoms with Crippen molar-refractivity contribution in [3.8, 4) is 16.9 Å². The lowest BCUT2D eigenvalue weighted by Gasteiger charge is -2.10. The van der Waals surface area contributed by atoms with Gasteiger partial charge in [-0.05, 0) is 32.9 Å². The Morgan fingerprint density at radius 3 is 2.72 bits per heavy atom. The number of aryl methyl sites for hydroxylation is 4. The zero-order chi connectivity index (χ0) is 22.6. The zero-order valence-electron chi connectivity index (χ0n) is 18.4. The van der Waals surface area contributed by atoms with E-state index in [9.17, 15) is 4.39 Å². The number of nitrogens with one attached hydrogen (secondary N) is 2. The van der Waals surface area contributed by atoms with Gasteiger partial charge in [-0.15, -0.1) is 0 Å². The van der Waals surface area contributed by atoms with Gasteiger partial charge in [0.1, 0.15) is 41.2 Å². The highest BCUT2D eigenvalue weighted by Crippen LogP contribution is 2.41. The number of anilines is 2. The van der Waals surface area contributed by atoms with E-state index in [4.69, 9.17) is 9.26 Å². The Kier molecular flexibility index (Phi) is 4.58. The molecule has 0 saturated carbocycles. The molecule has 0 unspecified atom stereocenters. The molecule has 5 rings (SSSR count). The van der Waals surface area contributed by atoms with Gasteiger partial charge in [0.2, 0.25) is 0 Å². The molecule has 4 heterocycles. The Labute approximate surface area is 182 Å². The molecule has 9 nitrogen and oxygen atoms in total. The molecule has 0 amide bonds. The second-order valence-electron chi connectivity index (χ2n) is 7.69. The molecule has 4 aromatic heterocycles. The quantitative estimate of drug-likeness (QED) is 0.414. The Morgan fingerprint density at radius 1 is 1.22 bits per heavy atom. The summed E-state index contributed by atoms with van der Waals surface area (Å²) < 4.78 is 26.1. The molecule has 164 valence electrons. The number of nitrogens with zero attached hydrogens (tertiary/aromatic N) is 5. The number of fused-ring (bicyclic) bond motifs is 3. The molecular weight excluding hydrogens is 413 g/mol. The molecule has 0 aliphatic rings. The van der Waals surface area contributed by atoms with Crippen molar-refractivity contribution >= 4 is 33.4 Å². The highest BCUT2D eigenvalue weighted by molar-refractivity contribution is 6.13. The van der Waals surface area contributed by atoms with Gasteiger partial charge in [-0.2, -0.15) is 5.10 Å². The molecule has 2 N–H and O–H groups in total. The highest BCUT2D eigenvalue weighted by Gasteiger charge is 2.21. The molecule has 10 heteroatoms. The molecule has 0 fully saturated rings. The van der Waals surface area contributed by atoms with Gasteiger partial charge in [0.15, 0.2) is 0 Å². The molecule has 0 aliphatic heterocycles. The molecule has 0 saturated heterocycles. The van der Waals surface area contributed by atoms with Gasteiger partial charge in [0, 0.05) is 29.7 Å². The largest absolute Gasteiger partial charge is 0.496 e. The number of H-pyrrole nitrogens is 1. The van der Waals surface area contributed by atoms with Crippen molar-refractivity contribution in [1.82, 2.24) is 29.9 Å². The van der Waals surface area contributed by atoms with E-state index in [0.29, 0.717) is 40.2 Å². The molecule has 5 aromatic rings. The fourth-order valence-electron chi connectivity index (χ4n) is 4.12. The van der Waals surface area contributed by atoms with Crippen molar-refractivity contribution < 1.29 is 13.7 Å². The predicted octanol–water partition coefficient (Wildman–Crippen LogP) is 4.65.